The summed E-state index contributed by atoms with van der Waals surface area (Å²) in [5.74, 6) is 2.16. The lowest BCUT2D eigenvalue weighted by molar-refractivity contribution is -0.137. The van der Waals surface area contributed by atoms with E-state index in [1.807, 2.05) is 40.4 Å². The highest BCUT2D eigenvalue weighted by atomic mass is 32.2. The van der Waals surface area contributed by atoms with E-state index in [0.717, 1.165) is 72.4 Å². The predicted octanol–water partition coefficient (Wildman–Crippen LogP) is 5.44. The molecule has 1 spiro atoms. The lowest BCUT2D eigenvalue weighted by atomic mass is 9.97. The van der Waals surface area contributed by atoms with Gasteiger partial charge in [-0.1, -0.05) is 23.9 Å². The van der Waals surface area contributed by atoms with E-state index in [4.69, 9.17) is 0 Å². The van der Waals surface area contributed by atoms with Crippen molar-refractivity contribution in [3.8, 4) is 17.1 Å². The summed E-state index contributed by atoms with van der Waals surface area (Å²) in [5.41, 5.74) is 2.70. The van der Waals surface area contributed by atoms with Gasteiger partial charge in [0.25, 0.3) is 0 Å². The minimum absolute atomic E-state index is 0.245. The standard InChI is InChI=1S/C27H28F3N7S/c1-35-24(20-5-9-22(10-6-20)37-17-31-32-18-37)33-34-25(35)38-14-2-12-36-13-11-26(16-36)15-23(26)19-3-7-21(8-4-19)27(28,29)30/h3-10,17-18,23H,2,11-16H2,1H3/t23-,26+/m1/s1. The van der Waals surface area contributed by atoms with Gasteiger partial charge in [-0.2, -0.15) is 13.2 Å². The normalized spacial score (nSPS) is 21.4. The second kappa shape index (κ2) is 9.85. The van der Waals surface area contributed by atoms with Crippen molar-refractivity contribution in [2.24, 2.45) is 12.5 Å². The van der Waals surface area contributed by atoms with Crippen LogP contribution in [0.2, 0.25) is 0 Å². The average Bonchev–Trinajstić information content (AvgIpc) is 3.29. The summed E-state index contributed by atoms with van der Waals surface area (Å²) in [6.07, 6.45) is 2.29. The van der Waals surface area contributed by atoms with Gasteiger partial charge in [0.2, 0.25) is 0 Å². The maximum absolute atomic E-state index is 12.9. The van der Waals surface area contributed by atoms with Crippen molar-refractivity contribution in [1.29, 1.82) is 0 Å². The van der Waals surface area contributed by atoms with E-state index in [2.05, 4.69) is 25.3 Å². The second-order valence-corrected chi connectivity index (χ2v) is 11.3. The van der Waals surface area contributed by atoms with Gasteiger partial charge in [0.05, 0.1) is 5.56 Å². The first kappa shape index (κ1) is 25.1. The summed E-state index contributed by atoms with van der Waals surface area (Å²) >= 11 is 1.71. The van der Waals surface area contributed by atoms with Crippen LogP contribution >= 0.6 is 11.8 Å². The molecule has 0 N–H and O–H groups in total. The molecular formula is C27H28F3N7S. The Balaban J connectivity index is 0.976. The van der Waals surface area contributed by atoms with E-state index in [0.29, 0.717) is 5.92 Å². The van der Waals surface area contributed by atoms with Crippen LogP contribution in [0.3, 0.4) is 0 Å². The predicted molar refractivity (Wildman–Crippen MR) is 139 cm³/mol. The number of likely N-dealkylation sites (tertiary alicyclic amines) is 1. The van der Waals surface area contributed by atoms with Crippen molar-refractivity contribution >= 4 is 11.8 Å². The Hall–Kier alpha value is -3.18. The molecule has 7 nitrogen and oxygen atoms in total. The molecule has 0 amide bonds. The van der Waals surface area contributed by atoms with Gasteiger partial charge in [-0.3, -0.25) is 4.57 Å². The number of rotatable bonds is 8. The molecule has 2 atom stereocenters. The molecule has 198 valence electrons. The number of nitrogens with zero attached hydrogens (tertiary/aromatic N) is 7. The molecule has 0 bridgehead atoms. The van der Waals surface area contributed by atoms with Crippen molar-refractivity contribution in [2.75, 3.05) is 25.4 Å². The minimum Gasteiger partial charge on any atom is -0.305 e. The van der Waals surface area contributed by atoms with Gasteiger partial charge in [-0.15, -0.1) is 20.4 Å². The van der Waals surface area contributed by atoms with E-state index in [9.17, 15) is 13.2 Å². The van der Waals surface area contributed by atoms with E-state index >= 15 is 0 Å². The summed E-state index contributed by atoms with van der Waals surface area (Å²) in [7, 11) is 1.99. The van der Waals surface area contributed by atoms with Crippen molar-refractivity contribution in [1.82, 2.24) is 34.4 Å². The third-order valence-corrected chi connectivity index (χ3v) is 8.93. The molecule has 38 heavy (non-hydrogen) atoms. The smallest absolute Gasteiger partial charge is 0.305 e. The molecular weight excluding hydrogens is 511 g/mol. The average molecular weight is 540 g/mol. The number of aromatic nitrogens is 6. The van der Waals surface area contributed by atoms with Crippen molar-refractivity contribution in [2.45, 2.75) is 36.5 Å². The van der Waals surface area contributed by atoms with Gasteiger partial charge in [0.1, 0.15) is 12.7 Å². The molecule has 4 aromatic rings. The Labute approximate surface area is 223 Å². The SMILES string of the molecule is Cn1c(SCCCN2CC[C@]3(C[C@@H]3c3ccc(C(F)(F)F)cc3)C2)nnc1-c1ccc(-n2cnnc2)cc1. The molecule has 3 heterocycles. The summed E-state index contributed by atoms with van der Waals surface area (Å²) in [6.45, 7) is 3.10. The van der Waals surface area contributed by atoms with Crippen LogP contribution in [0, 0.1) is 5.41 Å². The number of halogens is 3. The van der Waals surface area contributed by atoms with Crippen LogP contribution < -0.4 is 0 Å². The van der Waals surface area contributed by atoms with Crippen molar-refractivity contribution in [3.63, 3.8) is 0 Å². The number of alkyl halides is 3. The molecule has 1 aliphatic heterocycles. The fourth-order valence-electron chi connectivity index (χ4n) is 5.61. The van der Waals surface area contributed by atoms with Crippen LogP contribution in [-0.4, -0.2) is 59.8 Å². The molecule has 2 fully saturated rings. The summed E-state index contributed by atoms with van der Waals surface area (Å²) in [5, 5.41) is 17.4. The maximum Gasteiger partial charge on any atom is 0.416 e. The van der Waals surface area contributed by atoms with E-state index in [-0.39, 0.29) is 5.41 Å². The molecule has 1 saturated carbocycles. The molecule has 1 saturated heterocycles. The highest BCUT2D eigenvalue weighted by Gasteiger charge is 2.57. The van der Waals surface area contributed by atoms with Crippen LogP contribution in [0.25, 0.3) is 17.1 Å². The lowest BCUT2D eigenvalue weighted by Crippen LogP contribution is -2.23. The Morgan fingerprint density at radius 1 is 1.00 bits per heavy atom. The van der Waals surface area contributed by atoms with Gasteiger partial charge in [0, 0.05) is 30.6 Å². The first-order valence-electron chi connectivity index (χ1n) is 12.7. The molecule has 2 aliphatic rings. The van der Waals surface area contributed by atoms with Crippen molar-refractivity contribution < 1.29 is 13.2 Å². The van der Waals surface area contributed by atoms with Crippen LogP contribution in [0.5, 0.6) is 0 Å². The highest BCUT2D eigenvalue weighted by molar-refractivity contribution is 7.99. The third kappa shape index (κ3) is 4.96. The Morgan fingerprint density at radius 2 is 1.74 bits per heavy atom. The molecule has 0 radical (unpaired) electrons. The van der Waals surface area contributed by atoms with Gasteiger partial charge < -0.3 is 9.47 Å². The fourth-order valence-corrected chi connectivity index (χ4v) is 6.44. The monoisotopic (exact) mass is 539 g/mol. The Bertz CT molecular complexity index is 1380. The van der Waals surface area contributed by atoms with E-state index in [1.165, 1.54) is 12.1 Å². The summed E-state index contributed by atoms with van der Waals surface area (Å²) in [6, 6.07) is 13.8. The first-order chi connectivity index (χ1) is 18.3. The molecule has 6 rings (SSSR count). The van der Waals surface area contributed by atoms with Crippen LogP contribution in [-0.2, 0) is 13.2 Å². The van der Waals surface area contributed by atoms with Crippen molar-refractivity contribution in [3.05, 3.63) is 72.3 Å². The highest BCUT2D eigenvalue weighted by Crippen LogP contribution is 2.64. The number of thioether (sulfide) groups is 1. The zero-order valence-corrected chi connectivity index (χ0v) is 21.8. The summed E-state index contributed by atoms with van der Waals surface area (Å²) < 4.78 is 42.5. The van der Waals surface area contributed by atoms with Crippen LogP contribution in [0.4, 0.5) is 13.2 Å². The Morgan fingerprint density at radius 3 is 2.45 bits per heavy atom. The quantitative estimate of drug-likeness (QED) is 0.219. The van der Waals surface area contributed by atoms with Gasteiger partial charge in [0.15, 0.2) is 11.0 Å². The number of benzene rings is 2. The molecule has 2 aromatic carbocycles. The lowest BCUT2D eigenvalue weighted by Gasteiger charge is -2.16. The molecule has 0 unspecified atom stereocenters. The van der Waals surface area contributed by atoms with Crippen LogP contribution in [0.15, 0.2) is 66.3 Å². The number of hydrogen-bond acceptors (Lipinski definition) is 6. The maximum atomic E-state index is 12.9. The fraction of sp³-hybridized carbons (Fsp3) is 0.407. The number of hydrogen-bond donors (Lipinski definition) is 0. The first-order valence-corrected chi connectivity index (χ1v) is 13.7. The van der Waals surface area contributed by atoms with E-state index < -0.39 is 11.7 Å². The topological polar surface area (TPSA) is 64.7 Å². The second-order valence-electron chi connectivity index (χ2n) is 10.2. The molecule has 1 aliphatic carbocycles. The van der Waals surface area contributed by atoms with Gasteiger partial charge in [-0.05, 0) is 85.6 Å². The summed E-state index contributed by atoms with van der Waals surface area (Å²) in [4.78, 5) is 2.50. The van der Waals surface area contributed by atoms with E-state index in [1.54, 1.807) is 36.5 Å². The molecule has 2 aromatic heterocycles. The largest absolute Gasteiger partial charge is 0.416 e. The van der Waals surface area contributed by atoms with Gasteiger partial charge in [-0.25, -0.2) is 0 Å². The minimum atomic E-state index is -4.28. The van der Waals surface area contributed by atoms with Crippen LogP contribution in [0.1, 0.15) is 36.3 Å². The van der Waals surface area contributed by atoms with Gasteiger partial charge >= 0.3 is 6.18 Å². The zero-order chi connectivity index (χ0) is 26.3. The third-order valence-electron chi connectivity index (χ3n) is 7.82. The molecule has 11 heteroatoms. The Kier molecular flexibility index (Phi) is 6.51. The zero-order valence-electron chi connectivity index (χ0n) is 21.0.